The first-order valence-electron chi connectivity index (χ1n) is 6.52. The van der Waals surface area contributed by atoms with Gasteiger partial charge < -0.3 is 9.52 Å². The number of pyridine rings is 1. The van der Waals surface area contributed by atoms with Crippen molar-refractivity contribution < 1.29 is 13.9 Å². The van der Waals surface area contributed by atoms with Crippen LogP contribution in [0.25, 0.3) is 16.5 Å². The van der Waals surface area contributed by atoms with E-state index in [9.17, 15) is 9.50 Å². The van der Waals surface area contributed by atoms with Gasteiger partial charge in [-0.3, -0.25) is 0 Å². The van der Waals surface area contributed by atoms with Gasteiger partial charge in [0.2, 0.25) is 0 Å². The van der Waals surface area contributed by atoms with Crippen molar-refractivity contribution in [3.8, 4) is 0 Å². The van der Waals surface area contributed by atoms with Gasteiger partial charge in [-0.25, -0.2) is 8.91 Å². The van der Waals surface area contributed by atoms with Gasteiger partial charge in [-0.05, 0) is 24.3 Å². The lowest BCUT2D eigenvalue weighted by molar-refractivity contribution is 0.193. The molecular formula is C16H11FN2O2. The maximum atomic E-state index is 13.7. The molecule has 0 amide bonds. The monoisotopic (exact) mass is 282 g/mol. The first kappa shape index (κ1) is 12.1. The molecule has 0 saturated carbocycles. The molecule has 0 fully saturated rings. The lowest BCUT2D eigenvalue weighted by Crippen LogP contribution is -1.97. The number of hydrogen-bond acceptors (Lipinski definition) is 3. The van der Waals surface area contributed by atoms with Gasteiger partial charge in [0.25, 0.3) is 0 Å². The number of hydrogen-bond donors (Lipinski definition) is 1. The molecule has 3 heterocycles. The fourth-order valence-corrected chi connectivity index (χ4v) is 2.50. The fourth-order valence-electron chi connectivity index (χ4n) is 2.50. The third-order valence-electron chi connectivity index (χ3n) is 3.54. The van der Waals surface area contributed by atoms with Gasteiger partial charge in [-0.15, -0.1) is 0 Å². The maximum Gasteiger partial charge on any atom is 0.170 e. The molecule has 1 aromatic carbocycles. The standard InChI is InChI=1S/C16H11FN2O2/c17-12-5-3-4-10-8-14(21-16(10)12)15(20)11-9-18-19-7-2-1-6-13(11)19/h1-9,15,20H. The summed E-state index contributed by atoms with van der Waals surface area (Å²) in [5.41, 5.74) is 1.56. The summed E-state index contributed by atoms with van der Waals surface area (Å²) in [6.45, 7) is 0. The Hall–Kier alpha value is -2.66. The van der Waals surface area contributed by atoms with Crippen LogP contribution < -0.4 is 0 Å². The van der Waals surface area contributed by atoms with Gasteiger partial charge >= 0.3 is 0 Å². The predicted octanol–water partition coefficient (Wildman–Crippen LogP) is 3.30. The molecule has 0 radical (unpaired) electrons. The third kappa shape index (κ3) is 1.82. The molecule has 0 spiro atoms. The molecule has 4 aromatic rings. The summed E-state index contributed by atoms with van der Waals surface area (Å²) in [7, 11) is 0. The summed E-state index contributed by atoms with van der Waals surface area (Å²) < 4.78 is 20.8. The number of furan rings is 1. The Morgan fingerprint density at radius 3 is 2.95 bits per heavy atom. The Morgan fingerprint density at radius 1 is 1.19 bits per heavy atom. The molecule has 0 saturated heterocycles. The summed E-state index contributed by atoms with van der Waals surface area (Å²) in [5, 5.41) is 15.3. The second kappa shape index (κ2) is 4.43. The van der Waals surface area contributed by atoms with E-state index >= 15 is 0 Å². The summed E-state index contributed by atoms with van der Waals surface area (Å²) >= 11 is 0. The third-order valence-corrected chi connectivity index (χ3v) is 3.54. The van der Waals surface area contributed by atoms with Crippen molar-refractivity contribution in [3.05, 3.63) is 72.0 Å². The Balaban J connectivity index is 1.86. The van der Waals surface area contributed by atoms with Crippen LogP contribution in [-0.2, 0) is 0 Å². The van der Waals surface area contributed by atoms with Crippen LogP contribution in [0.4, 0.5) is 4.39 Å². The Morgan fingerprint density at radius 2 is 2.10 bits per heavy atom. The number of fused-ring (bicyclic) bond motifs is 2. The SMILES string of the molecule is OC(c1cc2cccc(F)c2o1)c1cnn2ccccc12. The number of nitrogens with zero attached hydrogens (tertiary/aromatic N) is 2. The number of rotatable bonds is 2. The zero-order chi connectivity index (χ0) is 14.4. The minimum absolute atomic E-state index is 0.156. The molecule has 1 unspecified atom stereocenters. The van der Waals surface area contributed by atoms with Gasteiger partial charge in [0, 0.05) is 17.1 Å². The van der Waals surface area contributed by atoms with Crippen molar-refractivity contribution in [1.82, 2.24) is 9.61 Å². The van der Waals surface area contributed by atoms with E-state index in [0.717, 1.165) is 5.52 Å². The molecule has 4 nitrogen and oxygen atoms in total. The average Bonchev–Trinajstić information content (AvgIpc) is 3.11. The van der Waals surface area contributed by atoms with Crippen LogP contribution in [0, 0.1) is 5.82 Å². The highest BCUT2D eigenvalue weighted by Crippen LogP contribution is 2.31. The van der Waals surface area contributed by atoms with Crippen LogP contribution in [0.2, 0.25) is 0 Å². The van der Waals surface area contributed by atoms with Gasteiger partial charge in [-0.1, -0.05) is 18.2 Å². The van der Waals surface area contributed by atoms with E-state index in [1.807, 2.05) is 18.2 Å². The fraction of sp³-hybridized carbons (Fsp3) is 0.0625. The van der Waals surface area contributed by atoms with Gasteiger partial charge in [0.1, 0.15) is 11.9 Å². The van der Waals surface area contributed by atoms with E-state index in [0.29, 0.717) is 16.7 Å². The Kier molecular flexibility index (Phi) is 2.55. The first-order valence-corrected chi connectivity index (χ1v) is 6.52. The number of aliphatic hydroxyl groups is 1. The van der Waals surface area contributed by atoms with Crippen molar-refractivity contribution in [2.75, 3.05) is 0 Å². The number of para-hydroxylation sites is 1. The second-order valence-corrected chi connectivity index (χ2v) is 4.84. The van der Waals surface area contributed by atoms with Crippen molar-refractivity contribution in [2.45, 2.75) is 6.10 Å². The van der Waals surface area contributed by atoms with E-state index in [4.69, 9.17) is 4.42 Å². The topological polar surface area (TPSA) is 50.7 Å². The summed E-state index contributed by atoms with van der Waals surface area (Å²) in [4.78, 5) is 0. The molecule has 104 valence electrons. The lowest BCUT2D eigenvalue weighted by Gasteiger charge is -2.05. The van der Waals surface area contributed by atoms with Crippen LogP contribution in [0.15, 0.2) is 59.3 Å². The molecule has 4 rings (SSSR count). The molecule has 3 aromatic heterocycles. The summed E-state index contributed by atoms with van der Waals surface area (Å²) in [5.74, 6) is -0.139. The molecule has 5 heteroatoms. The van der Waals surface area contributed by atoms with Gasteiger partial charge in [0.05, 0.1) is 11.7 Å². The number of aromatic nitrogens is 2. The van der Waals surface area contributed by atoms with Crippen LogP contribution in [0.5, 0.6) is 0 Å². The molecule has 0 aliphatic rings. The molecule has 0 aliphatic carbocycles. The molecule has 21 heavy (non-hydrogen) atoms. The predicted molar refractivity (Wildman–Crippen MR) is 75.4 cm³/mol. The maximum absolute atomic E-state index is 13.7. The van der Waals surface area contributed by atoms with Crippen molar-refractivity contribution in [3.63, 3.8) is 0 Å². The molecular weight excluding hydrogens is 271 g/mol. The molecule has 0 bridgehead atoms. The minimum atomic E-state index is -0.989. The highest BCUT2D eigenvalue weighted by molar-refractivity contribution is 5.78. The quantitative estimate of drug-likeness (QED) is 0.613. The molecule has 1 N–H and O–H groups in total. The smallest absolute Gasteiger partial charge is 0.170 e. The average molecular weight is 282 g/mol. The lowest BCUT2D eigenvalue weighted by atomic mass is 10.1. The first-order chi connectivity index (χ1) is 10.2. The van der Waals surface area contributed by atoms with E-state index in [1.165, 1.54) is 6.07 Å². The second-order valence-electron chi connectivity index (χ2n) is 4.84. The van der Waals surface area contributed by atoms with Crippen molar-refractivity contribution in [2.24, 2.45) is 0 Å². The largest absolute Gasteiger partial charge is 0.455 e. The van der Waals surface area contributed by atoms with E-state index in [1.54, 1.807) is 35.1 Å². The van der Waals surface area contributed by atoms with Gasteiger partial charge in [-0.2, -0.15) is 5.10 Å². The molecule has 1 atom stereocenters. The zero-order valence-corrected chi connectivity index (χ0v) is 10.9. The van der Waals surface area contributed by atoms with Gasteiger partial charge in [0.15, 0.2) is 11.4 Å². The van der Waals surface area contributed by atoms with E-state index < -0.39 is 11.9 Å². The van der Waals surface area contributed by atoms with Crippen LogP contribution in [-0.4, -0.2) is 14.7 Å². The highest BCUT2D eigenvalue weighted by atomic mass is 19.1. The molecule has 0 aliphatic heterocycles. The summed E-state index contributed by atoms with van der Waals surface area (Å²) in [6, 6.07) is 11.9. The zero-order valence-electron chi connectivity index (χ0n) is 10.9. The highest BCUT2D eigenvalue weighted by Gasteiger charge is 2.20. The summed E-state index contributed by atoms with van der Waals surface area (Å²) in [6.07, 6.45) is 2.39. The van der Waals surface area contributed by atoms with Crippen LogP contribution in [0.1, 0.15) is 17.4 Å². The minimum Gasteiger partial charge on any atom is -0.455 e. The number of benzene rings is 1. The van der Waals surface area contributed by atoms with Crippen molar-refractivity contribution >= 4 is 16.5 Å². The van der Waals surface area contributed by atoms with E-state index in [2.05, 4.69) is 5.10 Å². The van der Waals surface area contributed by atoms with Crippen molar-refractivity contribution in [1.29, 1.82) is 0 Å². The Bertz CT molecular complexity index is 942. The van der Waals surface area contributed by atoms with Crippen LogP contribution in [0.3, 0.4) is 0 Å². The Labute approximate surface area is 119 Å². The number of aliphatic hydroxyl groups excluding tert-OH is 1. The van der Waals surface area contributed by atoms with Crippen LogP contribution >= 0.6 is 0 Å². The number of halogens is 1. The van der Waals surface area contributed by atoms with E-state index in [-0.39, 0.29) is 5.58 Å². The normalized spacial score (nSPS) is 13.0.